The van der Waals surface area contributed by atoms with Crippen molar-refractivity contribution in [2.45, 2.75) is 406 Å². The van der Waals surface area contributed by atoms with Gasteiger partial charge in [0.25, 0.3) is 0 Å². The van der Waals surface area contributed by atoms with Crippen molar-refractivity contribution in [3.05, 3.63) is 36.5 Å². The van der Waals surface area contributed by atoms with Crippen molar-refractivity contribution in [3.63, 3.8) is 0 Å². The van der Waals surface area contributed by atoms with Crippen LogP contribution in [-0.4, -0.2) is 37.2 Å². The van der Waals surface area contributed by atoms with Crippen LogP contribution in [0.3, 0.4) is 0 Å². The number of carbonyl (C=O) groups is 3. The first kappa shape index (κ1) is 77.6. The summed E-state index contributed by atoms with van der Waals surface area (Å²) in [4.78, 5) is 38.4. The zero-order valence-corrected chi connectivity index (χ0v) is 54.1. The second-order valence-corrected chi connectivity index (χ2v) is 24.5. The zero-order valence-electron chi connectivity index (χ0n) is 54.1. The minimum atomic E-state index is -0.767. The second kappa shape index (κ2) is 69.1. The van der Waals surface area contributed by atoms with Gasteiger partial charge in [-0.2, -0.15) is 0 Å². The lowest BCUT2D eigenvalue weighted by atomic mass is 10.0. The Hall–Kier alpha value is -2.37. The number of carbonyl (C=O) groups excluding carboxylic acids is 3. The number of esters is 3. The highest BCUT2D eigenvalue weighted by Gasteiger charge is 2.19. The van der Waals surface area contributed by atoms with E-state index in [-0.39, 0.29) is 31.1 Å². The van der Waals surface area contributed by atoms with E-state index in [4.69, 9.17) is 14.2 Å². The average molecular weight is 1120 g/mol. The van der Waals surface area contributed by atoms with Crippen LogP contribution in [0.2, 0.25) is 0 Å². The largest absolute Gasteiger partial charge is 0.462 e. The number of allylic oxidation sites excluding steroid dienone is 6. The molecule has 1 unspecified atom stereocenters. The fourth-order valence-electron chi connectivity index (χ4n) is 11.0. The van der Waals surface area contributed by atoms with Crippen LogP contribution in [0.5, 0.6) is 0 Å². The van der Waals surface area contributed by atoms with Crippen LogP contribution in [0, 0.1) is 0 Å². The van der Waals surface area contributed by atoms with Crippen molar-refractivity contribution < 1.29 is 28.6 Å². The highest BCUT2D eigenvalue weighted by Crippen LogP contribution is 2.19. The molecule has 1 atom stereocenters. The lowest BCUT2D eigenvalue weighted by Gasteiger charge is -2.18. The van der Waals surface area contributed by atoms with Crippen LogP contribution in [0.4, 0.5) is 0 Å². The van der Waals surface area contributed by atoms with E-state index >= 15 is 0 Å². The Morgan fingerprint density at radius 2 is 0.450 bits per heavy atom. The first-order valence-electron chi connectivity index (χ1n) is 36.0. The molecule has 0 rings (SSSR count). The summed E-state index contributed by atoms with van der Waals surface area (Å²) >= 11 is 0. The molecular weight excluding hydrogens is 985 g/mol. The summed E-state index contributed by atoms with van der Waals surface area (Å²) < 4.78 is 17.0. The van der Waals surface area contributed by atoms with E-state index in [0.717, 1.165) is 70.6 Å². The fourth-order valence-corrected chi connectivity index (χ4v) is 11.0. The third-order valence-electron chi connectivity index (χ3n) is 16.4. The molecule has 0 aromatic carbocycles. The molecule has 0 bridgehead atoms. The number of unbranched alkanes of at least 4 members (excludes halogenated alkanes) is 50. The van der Waals surface area contributed by atoms with E-state index in [1.165, 1.54) is 289 Å². The topological polar surface area (TPSA) is 78.9 Å². The Bertz CT molecular complexity index is 1340. The molecule has 0 saturated carbocycles. The standard InChI is InChI=1S/C74H138O6/c1-4-7-10-13-16-19-22-24-26-28-30-32-33-34-35-36-37-38-39-40-41-42-44-45-47-49-52-55-58-61-64-67-73(76)79-70-71(69-78-72(75)66-63-60-57-54-51-21-18-15-12-9-6-3)80-74(77)68-65-62-59-56-53-50-48-46-43-31-29-27-25-23-20-17-14-11-8-5-2/h22,24,28,30,33-34,71H,4-21,23,25-27,29,31-32,35-70H2,1-3H3/b24-22-,30-28-,34-33-. The Morgan fingerprint density at radius 1 is 0.250 bits per heavy atom. The van der Waals surface area contributed by atoms with Crippen molar-refractivity contribution in [1.82, 2.24) is 0 Å². The maximum atomic E-state index is 12.9. The van der Waals surface area contributed by atoms with Crippen LogP contribution < -0.4 is 0 Å². The summed E-state index contributed by atoms with van der Waals surface area (Å²) in [5.74, 6) is -0.835. The van der Waals surface area contributed by atoms with Gasteiger partial charge in [0.2, 0.25) is 0 Å². The Balaban J connectivity index is 4.12. The minimum Gasteiger partial charge on any atom is -0.462 e. The number of ether oxygens (including phenoxy) is 3. The normalized spacial score (nSPS) is 12.2. The van der Waals surface area contributed by atoms with Gasteiger partial charge in [0.1, 0.15) is 13.2 Å². The van der Waals surface area contributed by atoms with Gasteiger partial charge >= 0.3 is 17.9 Å². The average Bonchev–Trinajstić information content (AvgIpc) is 3.46. The fraction of sp³-hybridized carbons (Fsp3) is 0.878. The van der Waals surface area contributed by atoms with Gasteiger partial charge in [-0.15, -0.1) is 0 Å². The molecule has 0 heterocycles. The van der Waals surface area contributed by atoms with Gasteiger partial charge < -0.3 is 14.2 Å². The summed E-state index contributed by atoms with van der Waals surface area (Å²) in [6.45, 7) is 6.70. The van der Waals surface area contributed by atoms with E-state index in [0.29, 0.717) is 19.3 Å². The van der Waals surface area contributed by atoms with E-state index < -0.39 is 6.10 Å². The summed E-state index contributed by atoms with van der Waals surface area (Å²) in [5.41, 5.74) is 0. The first-order chi connectivity index (χ1) is 39.5. The molecular formula is C74H138O6. The molecule has 0 aliphatic carbocycles. The Morgan fingerprint density at radius 3 is 0.700 bits per heavy atom. The zero-order chi connectivity index (χ0) is 57.8. The molecule has 80 heavy (non-hydrogen) atoms. The predicted molar refractivity (Wildman–Crippen MR) is 349 cm³/mol. The maximum Gasteiger partial charge on any atom is 0.306 e. The third kappa shape index (κ3) is 66.4. The highest BCUT2D eigenvalue weighted by molar-refractivity contribution is 5.71. The SMILES string of the molecule is CCCCCCC/C=C\C/C=C\C/C=C\CCCCCCCCCCCCCCCCCCC(=O)OCC(COC(=O)CCCCCCCCCCCCC)OC(=O)CCCCCCCCCCCCCCCCCCCCCC. The van der Waals surface area contributed by atoms with Crippen molar-refractivity contribution in [2.24, 2.45) is 0 Å². The van der Waals surface area contributed by atoms with E-state index in [2.05, 4.69) is 57.2 Å². The van der Waals surface area contributed by atoms with Crippen molar-refractivity contribution >= 4 is 17.9 Å². The van der Waals surface area contributed by atoms with Crippen LogP contribution in [-0.2, 0) is 28.6 Å². The molecule has 0 aliphatic heterocycles. The summed E-state index contributed by atoms with van der Waals surface area (Å²) in [7, 11) is 0. The number of hydrogen-bond acceptors (Lipinski definition) is 6. The molecule has 6 heteroatoms. The monoisotopic (exact) mass is 1120 g/mol. The predicted octanol–water partition coefficient (Wildman–Crippen LogP) is 24.7. The molecule has 0 aliphatic rings. The van der Waals surface area contributed by atoms with Gasteiger partial charge in [-0.1, -0.05) is 359 Å². The van der Waals surface area contributed by atoms with E-state index in [1.807, 2.05) is 0 Å². The Kier molecular flexibility index (Phi) is 67.1. The molecule has 6 nitrogen and oxygen atoms in total. The van der Waals surface area contributed by atoms with Crippen LogP contribution in [0.1, 0.15) is 400 Å². The van der Waals surface area contributed by atoms with Crippen LogP contribution in [0.15, 0.2) is 36.5 Å². The van der Waals surface area contributed by atoms with Crippen molar-refractivity contribution in [3.8, 4) is 0 Å². The molecule has 0 aromatic rings. The van der Waals surface area contributed by atoms with Gasteiger partial charge in [-0.05, 0) is 57.8 Å². The lowest BCUT2D eigenvalue weighted by molar-refractivity contribution is -0.167. The van der Waals surface area contributed by atoms with Gasteiger partial charge in [0.05, 0.1) is 0 Å². The molecule has 0 N–H and O–H groups in total. The minimum absolute atomic E-state index is 0.0648. The van der Waals surface area contributed by atoms with Gasteiger partial charge in [-0.3, -0.25) is 14.4 Å². The van der Waals surface area contributed by atoms with E-state index in [1.54, 1.807) is 0 Å². The second-order valence-electron chi connectivity index (χ2n) is 24.5. The smallest absolute Gasteiger partial charge is 0.306 e. The molecule has 470 valence electrons. The Labute approximate surface area is 499 Å². The van der Waals surface area contributed by atoms with Crippen LogP contribution >= 0.6 is 0 Å². The lowest BCUT2D eigenvalue weighted by Crippen LogP contribution is -2.30. The molecule has 0 saturated heterocycles. The van der Waals surface area contributed by atoms with Gasteiger partial charge in [0, 0.05) is 19.3 Å². The highest BCUT2D eigenvalue weighted by atomic mass is 16.6. The van der Waals surface area contributed by atoms with Crippen molar-refractivity contribution in [1.29, 1.82) is 0 Å². The quantitative estimate of drug-likeness (QED) is 0.0261. The molecule has 0 spiro atoms. The van der Waals surface area contributed by atoms with Crippen LogP contribution in [0.25, 0.3) is 0 Å². The van der Waals surface area contributed by atoms with Gasteiger partial charge in [0.15, 0.2) is 6.10 Å². The first-order valence-corrected chi connectivity index (χ1v) is 36.0. The third-order valence-corrected chi connectivity index (χ3v) is 16.4. The summed E-state index contributed by atoms with van der Waals surface area (Å²) in [6.07, 6.45) is 86.1. The number of hydrogen-bond donors (Lipinski definition) is 0. The summed E-state index contributed by atoms with van der Waals surface area (Å²) in [5, 5.41) is 0. The molecule has 0 fully saturated rings. The molecule has 0 aromatic heterocycles. The molecule has 0 radical (unpaired) electrons. The van der Waals surface area contributed by atoms with Gasteiger partial charge in [-0.25, -0.2) is 0 Å². The molecule has 0 amide bonds. The van der Waals surface area contributed by atoms with Crippen molar-refractivity contribution in [2.75, 3.05) is 13.2 Å². The summed E-state index contributed by atoms with van der Waals surface area (Å²) in [6, 6.07) is 0. The number of rotatable bonds is 67. The van der Waals surface area contributed by atoms with E-state index in [9.17, 15) is 14.4 Å². The maximum absolute atomic E-state index is 12.9.